The number of hydrogen-bond acceptors (Lipinski definition) is 2. The summed E-state index contributed by atoms with van der Waals surface area (Å²) in [5.74, 6) is -0.114. The van der Waals surface area contributed by atoms with Crippen LogP contribution in [0.3, 0.4) is 0 Å². The number of benzene rings is 2. The number of rotatable bonds is 4. The van der Waals surface area contributed by atoms with Crippen LogP contribution >= 0.6 is 0 Å². The van der Waals surface area contributed by atoms with Gasteiger partial charge < -0.3 is 0 Å². The molecule has 1 atom stereocenters. The van der Waals surface area contributed by atoms with Crippen molar-refractivity contribution in [3.05, 3.63) is 89.0 Å². The second-order valence-corrected chi connectivity index (χ2v) is 7.19. The van der Waals surface area contributed by atoms with Crippen LogP contribution in [0.1, 0.15) is 52.0 Å². The molecule has 0 radical (unpaired) electrons. The van der Waals surface area contributed by atoms with Crippen molar-refractivity contribution < 1.29 is 9.59 Å². The van der Waals surface area contributed by atoms with Crippen LogP contribution in [0.4, 0.5) is 0 Å². The fraction of sp³-hybridized carbons (Fsp3) is 0.250. The van der Waals surface area contributed by atoms with E-state index in [0.29, 0.717) is 17.7 Å². The zero-order valence-electron chi connectivity index (χ0n) is 15.3. The Bertz CT molecular complexity index is 876. The number of carbonyl (C=O) groups excluding carboxylic acids is 2. The van der Waals surface area contributed by atoms with Crippen LogP contribution in [0, 0.1) is 5.92 Å². The number of amides is 2. The number of nitrogens with zero attached hydrogens (tertiary/aromatic N) is 1. The van der Waals surface area contributed by atoms with Crippen molar-refractivity contribution in [1.29, 1.82) is 0 Å². The highest BCUT2D eigenvalue weighted by molar-refractivity contribution is 6.21. The van der Waals surface area contributed by atoms with Gasteiger partial charge in [-0.2, -0.15) is 0 Å². The minimum absolute atomic E-state index is 0.188. The second-order valence-electron chi connectivity index (χ2n) is 7.19. The fourth-order valence-corrected chi connectivity index (χ4v) is 3.89. The molecular formula is C24H23NO2. The summed E-state index contributed by atoms with van der Waals surface area (Å²) in [6.45, 7) is 0.343. The van der Waals surface area contributed by atoms with Crippen molar-refractivity contribution in [2.45, 2.75) is 25.7 Å². The van der Waals surface area contributed by atoms with Crippen LogP contribution < -0.4 is 0 Å². The number of fused-ring (bicyclic) bond motifs is 1. The minimum Gasteiger partial charge on any atom is -0.270 e. The first-order valence-electron chi connectivity index (χ1n) is 9.61. The molecule has 0 N–H and O–H groups in total. The Morgan fingerprint density at radius 2 is 1.59 bits per heavy atom. The van der Waals surface area contributed by atoms with E-state index in [0.717, 1.165) is 30.4 Å². The Balaban J connectivity index is 1.67. The number of hydrogen-bond donors (Lipinski definition) is 0. The molecule has 0 saturated carbocycles. The van der Waals surface area contributed by atoms with Crippen LogP contribution in [0.5, 0.6) is 0 Å². The standard InChI is InChI=1S/C24H23NO2/c26-23-21-14-8-9-15-22(21)24(27)25(23)17-20(16-18-10-4-3-5-11-18)19-12-6-1-2-7-13-19/h3-6,8-12,14-16,19H,1-2,7,13,17H2/b20-16+. The highest BCUT2D eigenvalue weighted by Crippen LogP contribution is 2.30. The molecule has 0 bridgehead atoms. The summed E-state index contributed by atoms with van der Waals surface area (Å²) in [5.41, 5.74) is 3.24. The normalized spacial score (nSPS) is 19.9. The lowest BCUT2D eigenvalue weighted by atomic mass is 9.92. The molecule has 0 saturated heterocycles. The molecule has 2 aliphatic rings. The lowest BCUT2D eigenvalue weighted by molar-refractivity contribution is 0.0666. The highest BCUT2D eigenvalue weighted by atomic mass is 16.2. The molecule has 0 aromatic heterocycles. The summed E-state index contributed by atoms with van der Waals surface area (Å²) in [6.07, 6.45) is 11.1. The molecule has 0 fully saturated rings. The largest absolute Gasteiger partial charge is 0.270 e. The first-order valence-corrected chi connectivity index (χ1v) is 9.61. The maximum absolute atomic E-state index is 12.8. The van der Waals surface area contributed by atoms with Gasteiger partial charge in [-0.05, 0) is 48.4 Å². The molecule has 2 aromatic carbocycles. The molecule has 1 aliphatic heterocycles. The van der Waals surface area contributed by atoms with Crippen molar-refractivity contribution in [3.63, 3.8) is 0 Å². The molecule has 0 spiro atoms. The molecule has 1 heterocycles. The molecule has 136 valence electrons. The van der Waals surface area contributed by atoms with E-state index < -0.39 is 0 Å². The van der Waals surface area contributed by atoms with Crippen LogP contribution in [-0.4, -0.2) is 23.3 Å². The van der Waals surface area contributed by atoms with Crippen LogP contribution in [0.15, 0.2) is 72.3 Å². The van der Waals surface area contributed by atoms with Gasteiger partial charge in [0, 0.05) is 0 Å². The van der Waals surface area contributed by atoms with Gasteiger partial charge in [-0.3, -0.25) is 14.5 Å². The minimum atomic E-state index is -0.188. The predicted molar refractivity (Wildman–Crippen MR) is 107 cm³/mol. The molecule has 1 unspecified atom stereocenters. The number of carbonyl (C=O) groups is 2. The zero-order chi connectivity index (χ0) is 18.6. The lowest BCUT2D eigenvalue weighted by Crippen LogP contribution is -2.33. The van der Waals surface area contributed by atoms with E-state index in [1.807, 2.05) is 30.3 Å². The SMILES string of the molecule is O=C1c2ccccc2C(=O)N1C/C(=C\c1ccccc1)C1C=CCCCC1. The molecule has 2 amide bonds. The predicted octanol–water partition coefficient (Wildman–Crippen LogP) is 5.11. The van der Waals surface area contributed by atoms with Crippen molar-refractivity contribution >= 4 is 17.9 Å². The maximum atomic E-state index is 12.8. The fourth-order valence-electron chi connectivity index (χ4n) is 3.89. The summed E-state index contributed by atoms with van der Waals surface area (Å²) in [6, 6.07) is 17.2. The van der Waals surface area contributed by atoms with Gasteiger partial charge in [-0.15, -0.1) is 0 Å². The molecule has 4 rings (SSSR count). The average molecular weight is 357 g/mol. The van der Waals surface area contributed by atoms with E-state index in [1.54, 1.807) is 12.1 Å². The summed E-state index contributed by atoms with van der Waals surface area (Å²) < 4.78 is 0. The van der Waals surface area contributed by atoms with Gasteiger partial charge in [0.15, 0.2) is 0 Å². The Labute approximate surface area is 160 Å². The Morgan fingerprint density at radius 1 is 0.926 bits per heavy atom. The van der Waals surface area contributed by atoms with Gasteiger partial charge in [-0.25, -0.2) is 0 Å². The molecule has 3 heteroatoms. The second kappa shape index (κ2) is 7.75. The van der Waals surface area contributed by atoms with Crippen LogP contribution in [0.25, 0.3) is 6.08 Å². The highest BCUT2D eigenvalue weighted by Gasteiger charge is 2.36. The first-order chi connectivity index (χ1) is 13.2. The quantitative estimate of drug-likeness (QED) is 0.563. The monoisotopic (exact) mass is 357 g/mol. The maximum Gasteiger partial charge on any atom is 0.261 e. The molecular weight excluding hydrogens is 334 g/mol. The van der Waals surface area contributed by atoms with E-state index in [1.165, 1.54) is 11.3 Å². The van der Waals surface area contributed by atoms with Gasteiger partial charge in [-0.1, -0.05) is 67.1 Å². The van der Waals surface area contributed by atoms with Gasteiger partial charge in [0.2, 0.25) is 0 Å². The smallest absolute Gasteiger partial charge is 0.261 e. The third kappa shape index (κ3) is 3.63. The molecule has 1 aliphatic carbocycles. The summed E-state index contributed by atoms with van der Waals surface area (Å²) in [7, 11) is 0. The van der Waals surface area contributed by atoms with E-state index >= 15 is 0 Å². The third-order valence-corrected chi connectivity index (χ3v) is 5.35. The molecule has 27 heavy (non-hydrogen) atoms. The number of imide groups is 1. The van der Waals surface area contributed by atoms with E-state index in [4.69, 9.17) is 0 Å². The average Bonchev–Trinajstić information content (AvgIpc) is 2.90. The van der Waals surface area contributed by atoms with Crippen molar-refractivity contribution in [3.8, 4) is 0 Å². The number of allylic oxidation sites excluding steroid dienone is 2. The van der Waals surface area contributed by atoms with Crippen molar-refractivity contribution in [2.75, 3.05) is 6.54 Å². The Kier molecular flexibility index (Phi) is 5.01. The molecule has 2 aromatic rings. The van der Waals surface area contributed by atoms with Crippen LogP contribution in [-0.2, 0) is 0 Å². The van der Waals surface area contributed by atoms with E-state index in [2.05, 4.69) is 30.4 Å². The van der Waals surface area contributed by atoms with Crippen molar-refractivity contribution in [2.24, 2.45) is 5.92 Å². The summed E-state index contributed by atoms with van der Waals surface area (Å²) in [5, 5.41) is 0. The zero-order valence-corrected chi connectivity index (χ0v) is 15.3. The lowest BCUT2D eigenvalue weighted by Gasteiger charge is -2.22. The Hall–Kier alpha value is -2.94. The van der Waals surface area contributed by atoms with Crippen molar-refractivity contribution in [1.82, 2.24) is 4.90 Å². The van der Waals surface area contributed by atoms with E-state index in [9.17, 15) is 9.59 Å². The first kappa shape index (κ1) is 17.5. The molecule has 3 nitrogen and oxygen atoms in total. The van der Waals surface area contributed by atoms with Crippen LogP contribution in [0.2, 0.25) is 0 Å². The summed E-state index contributed by atoms with van der Waals surface area (Å²) in [4.78, 5) is 27.0. The van der Waals surface area contributed by atoms with Gasteiger partial charge in [0.1, 0.15) is 0 Å². The summed E-state index contributed by atoms with van der Waals surface area (Å²) >= 11 is 0. The van der Waals surface area contributed by atoms with E-state index in [-0.39, 0.29) is 17.7 Å². The third-order valence-electron chi connectivity index (χ3n) is 5.35. The topological polar surface area (TPSA) is 37.4 Å². The van der Waals surface area contributed by atoms with Gasteiger partial charge >= 0.3 is 0 Å². The van der Waals surface area contributed by atoms with Gasteiger partial charge in [0.05, 0.1) is 17.7 Å². The van der Waals surface area contributed by atoms with Gasteiger partial charge in [0.25, 0.3) is 11.8 Å². The Morgan fingerprint density at radius 3 is 2.30 bits per heavy atom.